The number of alkyl halides is 3. The van der Waals surface area contributed by atoms with Gasteiger partial charge in [0.25, 0.3) is 0 Å². The van der Waals surface area contributed by atoms with Crippen molar-refractivity contribution < 1.29 is 27.1 Å². The molecule has 36 heavy (non-hydrogen) atoms. The van der Waals surface area contributed by atoms with E-state index < -0.39 is 18.6 Å². The first-order chi connectivity index (χ1) is 17.2. The fourth-order valence-corrected chi connectivity index (χ4v) is 5.86. The van der Waals surface area contributed by atoms with Crippen LogP contribution in [0.4, 0.5) is 40.4 Å². The Morgan fingerprint density at radius 1 is 1.19 bits per heavy atom. The SMILES string of the molecule is O=C(C1CCN(CC(F)(F)F)CC1)N1Cc2cccnc2Nc2cc(F)c(N3CC4CC3CO4)cc21. The number of carbonyl (C=O) groups excluding carboxylic acids is 1. The third-order valence-corrected chi connectivity index (χ3v) is 7.64. The van der Waals surface area contributed by atoms with E-state index in [2.05, 4.69) is 10.3 Å². The van der Waals surface area contributed by atoms with E-state index in [1.54, 1.807) is 23.2 Å². The summed E-state index contributed by atoms with van der Waals surface area (Å²) in [4.78, 5) is 23.2. The van der Waals surface area contributed by atoms with Crippen LogP contribution in [0.25, 0.3) is 0 Å². The molecule has 7 nitrogen and oxygen atoms in total. The number of carbonyl (C=O) groups is 1. The lowest BCUT2D eigenvalue weighted by atomic mass is 9.94. The van der Waals surface area contributed by atoms with E-state index in [1.165, 1.54) is 11.0 Å². The van der Waals surface area contributed by atoms with Gasteiger partial charge in [-0.25, -0.2) is 9.37 Å². The van der Waals surface area contributed by atoms with Crippen molar-refractivity contribution in [2.45, 2.75) is 44.1 Å². The number of hydrogen-bond acceptors (Lipinski definition) is 6. The molecule has 1 amide bonds. The molecule has 2 bridgehead atoms. The van der Waals surface area contributed by atoms with Crippen molar-refractivity contribution in [2.75, 3.05) is 47.9 Å². The summed E-state index contributed by atoms with van der Waals surface area (Å²) in [7, 11) is 0. The van der Waals surface area contributed by atoms with Gasteiger partial charge in [0.05, 0.1) is 48.9 Å². The topological polar surface area (TPSA) is 60.9 Å². The lowest BCUT2D eigenvalue weighted by Crippen LogP contribution is -2.45. The average molecular weight is 506 g/mol. The highest BCUT2D eigenvalue weighted by Crippen LogP contribution is 2.43. The van der Waals surface area contributed by atoms with Crippen molar-refractivity contribution in [3.8, 4) is 0 Å². The van der Waals surface area contributed by atoms with Gasteiger partial charge in [-0.3, -0.25) is 9.69 Å². The van der Waals surface area contributed by atoms with Crippen LogP contribution >= 0.6 is 0 Å². The second kappa shape index (κ2) is 8.88. The number of pyridine rings is 1. The Morgan fingerprint density at radius 2 is 2.00 bits per heavy atom. The predicted octanol–water partition coefficient (Wildman–Crippen LogP) is 4.06. The van der Waals surface area contributed by atoms with Crippen LogP contribution in [0, 0.1) is 11.7 Å². The third kappa shape index (κ3) is 4.39. The van der Waals surface area contributed by atoms with Crippen LogP contribution in [0.3, 0.4) is 0 Å². The molecule has 2 aromatic rings. The molecule has 3 saturated heterocycles. The Hall–Kier alpha value is -2.92. The van der Waals surface area contributed by atoms with E-state index in [-0.39, 0.29) is 43.5 Å². The van der Waals surface area contributed by atoms with Crippen LogP contribution in [0.1, 0.15) is 24.8 Å². The zero-order chi connectivity index (χ0) is 25.0. The van der Waals surface area contributed by atoms with Crippen LogP contribution in [-0.4, -0.2) is 66.9 Å². The number of amides is 1. The molecule has 1 N–H and O–H groups in total. The molecule has 11 heteroatoms. The first-order valence-corrected chi connectivity index (χ1v) is 12.3. The summed E-state index contributed by atoms with van der Waals surface area (Å²) < 4.78 is 59.5. The average Bonchev–Trinajstić information content (AvgIpc) is 3.43. The second-order valence-electron chi connectivity index (χ2n) is 10.0. The van der Waals surface area contributed by atoms with Gasteiger partial charge in [-0.15, -0.1) is 0 Å². The van der Waals surface area contributed by atoms with Crippen molar-refractivity contribution in [2.24, 2.45) is 5.92 Å². The molecule has 1 aromatic carbocycles. The maximum absolute atomic E-state index is 15.4. The molecule has 1 aromatic heterocycles. The van der Waals surface area contributed by atoms with E-state index in [0.717, 1.165) is 12.0 Å². The molecular weight excluding hydrogens is 478 g/mol. The molecule has 4 aliphatic heterocycles. The molecule has 192 valence electrons. The van der Waals surface area contributed by atoms with Crippen molar-refractivity contribution in [1.29, 1.82) is 0 Å². The molecule has 4 aliphatic rings. The zero-order valence-electron chi connectivity index (χ0n) is 19.6. The van der Waals surface area contributed by atoms with Gasteiger partial charge < -0.3 is 19.9 Å². The Morgan fingerprint density at radius 3 is 2.69 bits per heavy atom. The van der Waals surface area contributed by atoms with E-state index in [1.807, 2.05) is 11.0 Å². The van der Waals surface area contributed by atoms with Crippen LogP contribution in [0.15, 0.2) is 30.5 Å². The smallest absolute Gasteiger partial charge is 0.374 e. The zero-order valence-corrected chi connectivity index (χ0v) is 19.6. The number of nitrogens with zero attached hydrogens (tertiary/aromatic N) is 4. The Bertz CT molecular complexity index is 1170. The number of ether oxygens (including phenoxy) is 1. The minimum absolute atomic E-state index is 0.0828. The first-order valence-electron chi connectivity index (χ1n) is 12.3. The Labute approximate surface area is 206 Å². The van der Waals surface area contributed by atoms with Crippen molar-refractivity contribution in [3.63, 3.8) is 0 Å². The number of halogens is 4. The highest BCUT2D eigenvalue weighted by Gasteiger charge is 2.41. The lowest BCUT2D eigenvalue weighted by Gasteiger charge is -2.35. The Kier molecular flexibility index (Phi) is 5.79. The molecule has 0 radical (unpaired) electrons. The number of nitrogens with one attached hydrogen (secondary N) is 1. The predicted molar refractivity (Wildman–Crippen MR) is 126 cm³/mol. The monoisotopic (exact) mass is 505 g/mol. The quantitative estimate of drug-likeness (QED) is 0.635. The normalized spacial score (nSPS) is 24.3. The molecule has 0 spiro atoms. The Balaban J connectivity index is 1.31. The number of benzene rings is 1. The van der Waals surface area contributed by atoms with Gasteiger partial charge in [-0.05, 0) is 44.5 Å². The number of aromatic nitrogens is 1. The molecule has 2 unspecified atom stereocenters. The fraction of sp³-hybridized carbons (Fsp3) is 0.520. The molecule has 2 atom stereocenters. The second-order valence-corrected chi connectivity index (χ2v) is 10.0. The minimum atomic E-state index is -4.26. The van der Waals surface area contributed by atoms with Gasteiger partial charge in [0.2, 0.25) is 5.91 Å². The highest BCUT2D eigenvalue weighted by atomic mass is 19.4. The number of morpholine rings is 1. The van der Waals surface area contributed by atoms with Crippen LogP contribution in [-0.2, 0) is 16.1 Å². The molecule has 5 heterocycles. The summed E-state index contributed by atoms with van der Waals surface area (Å²) in [5, 5.41) is 3.19. The van der Waals surface area contributed by atoms with Crippen molar-refractivity contribution in [1.82, 2.24) is 9.88 Å². The van der Waals surface area contributed by atoms with Crippen molar-refractivity contribution in [3.05, 3.63) is 41.8 Å². The molecule has 0 aliphatic carbocycles. The maximum atomic E-state index is 15.4. The van der Waals surface area contributed by atoms with Crippen molar-refractivity contribution >= 4 is 28.8 Å². The number of hydrogen-bond donors (Lipinski definition) is 1. The van der Waals surface area contributed by atoms with E-state index in [4.69, 9.17) is 4.74 Å². The summed E-state index contributed by atoms with van der Waals surface area (Å²) in [6, 6.07) is 6.87. The summed E-state index contributed by atoms with van der Waals surface area (Å²) in [5.41, 5.74) is 2.21. The fourth-order valence-electron chi connectivity index (χ4n) is 5.86. The van der Waals surface area contributed by atoms with Gasteiger partial charge >= 0.3 is 6.18 Å². The van der Waals surface area contributed by atoms with Gasteiger partial charge in [-0.1, -0.05) is 6.07 Å². The molecular formula is C25H27F4N5O2. The minimum Gasteiger partial charge on any atom is -0.374 e. The summed E-state index contributed by atoms with van der Waals surface area (Å²) >= 11 is 0. The molecule has 3 fully saturated rings. The van der Waals surface area contributed by atoms with Gasteiger partial charge in [0, 0.05) is 30.3 Å². The largest absolute Gasteiger partial charge is 0.401 e. The van der Waals surface area contributed by atoms with E-state index in [0.29, 0.717) is 48.9 Å². The van der Waals surface area contributed by atoms with E-state index >= 15 is 4.39 Å². The number of fused-ring (bicyclic) bond motifs is 4. The van der Waals surface area contributed by atoms with Gasteiger partial charge in [0.1, 0.15) is 11.6 Å². The van der Waals surface area contributed by atoms with Gasteiger partial charge in [-0.2, -0.15) is 13.2 Å². The molecule has 0 saturated carbocycles. The van der Waals surface area contributed by atoms with Crippen LogP contribution in [0.2, 0.25) is 0 Å². The van der Waals surface area contributed by atoms with E-state index in [9.17, 15) is 18.0 Å². The van der Waals surface area contributed by atoms with Crippen LogP contribution in [0.5, 0.6) is 0 Å². The number of piperidine rings is 1. The number of likely N-dealkylation sites (tertiary alicyclic amines) is 1. The summed E-state index contributed by atoms with van der Waals surface area (Å²) in [6.45, 7) is 0.838. The number of anilines is 4. The van der Waals surface area contributed by atoms with Gasteiger partial charge in [0.15, 0.2) is 0 Å². The van der Waals surface area contributed by atoms with Crippen LogP contribution < -0.4 is 15.1 Å². The number of rotatable bonds is 3. The molecule has 6 rings (SSSR count). The maximum Gasteiger partial charge on any atom is 0.401 e. The lowest BCUT2D eigenvalue weighted by molar-refractivity contribution is -0.149. The third-order valence-electron chi connectivity index (χ3n) is 7.64. The first kappa shape index (κ1) is 23.5. The summed E-state index contributed by atoms with van der Waals surface area (Å²) in [5.74, 6) is -0.411. The standard InChI is InChI=1S/C25H27F4N5O2/c26-19-9-20-22(10-21(19)33-12-18-8-17(33)13-36-18)34(11-16-2-1-5-30-23(16)31-20)24(35)15-3-6-32(7-4-15)14-25(27,28)29/h1-2,5,9-10,15,17-18H,3-4,6-8,11-14H2,(H,30,31). The summed E-state index contributed by atoms with van der Waals surface area (Å²) in [6.07, 6.45) is -1.01. The highest BCUT2D eigenvalue weighted by molar-refractivity contribution is 6.00.